The van der Waals surface area contributed by atoms with Crippen LogP contribution in [0.5, 0.6) is 0 Å². The summed E-state index contributed by atoms with van der Waals surface area (Å²) in [6, 6.07) is 6.84. The molecule has 0 bridgehead atoms. The zero-order valence-corrected chi connectivity index (χ0v) is 13.2. The second kappa shape index (κ2) is 6.53. The Morgan fingerprint density at radius 1 is 1.53 bits per heavy atom. The standard InChI is InChI=1S/C15H21BrN2O/c1-3-15(19)18-7-6-13(10-18)17-9-12-5-4-11(2)8-14(12)16/h4-5,8,13,17H,3,6-7,9-10H2,1-2H3. The van der Waals surface area contributed by atoms with Crippen LogP contribution in [-0.4, -0.2) is 29.9 Å². The number of carbonyl (C=O) groups excluding carboxylic acids is 1. The summed E-state index contributed by atoms with van der Waals surface area (Å²) >= 11 is 3.60. The molecule has 4 heteroatoms. The quantitative estimate of drug-likeness (QED) is 0.923. The van der Waals surface area contributed by atoms with Gasteiger partial charge >= 0.3 is 0 Å². The van der Waals surface area contributed by atoms with Crippen LogP contribution in [0.2, 0.25) is 0 Å². The van der Waals surface area contributed by atoms with Gasteiger partial charge in [0.1, 0.15) is 0 Å². The molecule has 1 aliphatic heterocycles. The molecule has 3 nitrogen and oxygen atoms in total. The summed E-state index contributed by atoms with van der Waals surface area (Å²) in [5.41, 5.74) is 2.53. The van der Waals surface area contributed by atoms with Gasteiger partial charge in [-0.2, -0.15) is 0 Å². The van der Waals surface area contributed by atoms with Crippen LogP contribution in [0.15, 0.2) is 22.7 Å². The zero-order chi connectivity index (χ0) is 13.8. The molecule has 1 N–H and O–H groups in total. The van der Waals surface area contributed by atoms with Gasteiger partial charge in [-0.1, -0.05) is 35.0 Å². The highest BCUT2D eigenvalue weighted by atomic mass is 79.9. The van der Waals surface area contributed by atoms with Crippen molar-refractivity contribution in [2.24, 2.45) is 0 Å². The second-order valence-corrected chi connectivity index (χ2v) is 6.01. The molecule has 2 rings (SSSR count). The van der Waals surface area contributed by atoms with Gasteiger partial charge in [0.05, 0.1) is 0 Å². The van der Waals surface area contributed by atoms with Crippen molar-refractivity contribution in [3.8, 4) is 0 Å². The lowest BCUT2D eigenvalue weighted by Gasteiger charge is -2.16. The summed E-state index contributed by atoms with van der Waals surface area (Å²) in [6.07, 6.45) is 1.66. The van der Waals surface area contributed by atoms with Gasteiger partial charge in [0.15, 0.2) is 0 Å². The minimum Gasteiger partial charge on any atom is -0.341 e. The second-order valence-electron chi connectivity index (χ2n) is 5.15. The van der Waals surface area contributed by atoms with E-state index in [1.54, 1.807) is 0 Å². The summed E-state index contributed by atoms with van der Waals surface area (Å²) in [5, 5.41) is 3.54. The molecule has 104 valence electrons. The maximum atomic E-state index is 11.6. The third-order valence-electron chi connectivity index (χ3n) is 3.63. The van der Waals surface area contributed by atoms with Crippen molar-refractivity contribution in [3.63, 3.8) is 0 Å². The van der Waals surface area contributed by atoms with Crippen LogP contribution in [0.25, 0.3) is 0 Å². The van der Waals surface area contributed by atoms with Crippen molar-refractivity contribution in [1.82, 2.24) is 10.2 Å². The highest BCUT2D eigenvalue weighted by Gasteiger charge is 2.24. The zero-order valence-electron chi connectivity index (χ0n) is 11.6. The molecule has 19 heavy (non-hydrogen) atoms. The number of aryl methyl sites for hydroxylation is 1. The van der Waals surface area contributed by atoms with Gasteiger partial charge in [0.2, 0.25) is 5.91 Å². The molecule has 0 aliphatic carbocycles. The maximum absolute atomic E-state index is 11.6. The minimum atomic E-state index is 0.265. The van der Waals surface area contributed by atoms with Crippen LogP contribution in [0, 0.1) is 6.92 Å². The van der Waals surface area contributed by atoms with Crippen LogP contribution < -0.4 is 5.32 Å². The summed E-state index contributed by atoms with van der Waals surface area (Å²) < 4.78 is 1.15. The molecule has 1 aromatic rings. The molecule has 0 aromatic heterocycles. The Kier molecular flexibility index (Phi) is 4.99. The highest BCUT2D eigenvalue weighted by Crippen LogP contribution is 2.19. The van der Waals surface area contributed by atoms with Crippen molar-refractivity contribution < 1.29 is 4.79 Å². The molecule has 1 heterocycles. The van der Waals surface area contributed by atoms with Gasteiger partial charge in [-0.25, -0.2) is 0 Å². The van der Waals surface area contributed by atoms with E-state index in [2.05, 4.69) is 46.4 Å². The fraction of sp³-hybridized carbons (Fsp3) is 0.533. The predicted octanol–water partition coefficient (Wildman–Crippen LogP) is 2.86. The van der Waals surface area contributed by atoms with Crippen molar-refractivity contribution in [2.75, 3.05) is 13.1 Å². The van der Waals surface area contributed by atoms with E-state index in [4.69, 9.17) is 0 Å². The van der Waals surface area contributed by atoms with Crippen molar-refractivity contribution in [2.45, 2.75) is 39.3 Å². The van der Waals surface area contributed by atoms with E-state index in [1.807, 2.05) is 11.8 Å². The number of halogens is 1. The molecule has 0 radical (unpaired) electrons. The predicted molar refractivity (Wildman–Crippen MR) is 81.0 cm³/mol. The number of benzene rings is 1. The smallest absolute Gasteiger partial charge is 0.222 e. The van der Waals surface area contributed by atoms with Gasteiger partial charge < -0.3 is 10.2 Å². The van der Waals surface area contributed by atoms with Crippen LogP contribution >= 0.6 is 15.9 Å². The molecular weight excluding hydrogens is 304 g/mol. The van der Waals surface area contributed by atoms with E-state index in [0.29, 0.717) is 12.5 Å². The number of nitrogens with zero attached hydrogens (tertiary/aromatic N) is 1. The normalized spacial score (nSPS) is 18.9. The lowest BCUT2D eigenvalue weighted by Crippen LogP contribution is -2.34. The Morgan fingerprint density at radius 3 is 3.00 bits per heavy atom. The maximum Gasteiger partial charge on any atom is 0.222 e. The van der Waals surface area contributed by atoms with Crippen LogP contribution in [-0.2, 0) is 11.3 Å². The number of amides is 1. The number of carbonyl (C=O) groups is 1. The topological polar surface area (TPSA) is 32.3 Å². The monoisotopic (exact) mass is 324 g/mol. The molecule has 1 aromatic carbocycles. The number of nitrogens with one attached hydrogen (secondary N) is 1. The van der Waals surface area contributed by atoms with Crippen LogP contribution in [0.4, 0.5) is 0 Å². The van der Waals surface area contributed by atoms with Gasteiger partial charge in [-0.15, -0.1) is 0 Å². The summed E-state index contributed by atoms with van der Waals surface area (Å²) in [4.78, 5) is 13.6. The molecule has 1 fully saturated rings. The SMILES string of the molecule is CCC(=O)N1CCC(NCc2ccc(C)cc2Br)C1. The number of likely N-dealkylation sites (tertiary alicyclic amines) is 1. The van der Waals surface area contributed by atoms with Crippen molar-refractivity contribution >= 4 is 21.8 Å². The summed E-state index contributed by atoms with van der Waals surface area (Å²) in [6.45, 7) is 6.59. The average Bonchev–Trinajstić information content (AvgIpc) is 2.85. The summed E-state index contributed by atoms with van der Waals surface area (Å²) in [7, 11) is 0. The Hall–Kier alpha value is -0.870. The largest absolute Gasteiger partial charge is 0.341 e. The van der Waals surface area contributed by atoms with Gasteiger partial charge in [-0.3, -0.25) is 4.79 Å². The highest BCUT2D eigenvalue weighted by molar-refractivity contribution is 9.10. The molecule has 0 spiro atoms. The van der Waals surface area contributed by atoms with E-state index in [1.165, 1.54) is 11.1 Å². The van der Waals surface area contributed by atoms with Crippen molar-refractivity contribution in [1.29, 1.82) is 0 Å². The van der Waals surface area contributed by atoms with Gasteiger partial charge in [-0.05, 0) is 30.5 Å². The van der Waals surface area contributed by atoms with Gasteiger partial charge in [0.25, 0.3) is 0 Å². The van der Waals surface area contributed by atoms with E-state index in [0.717, 1.165) is 30.5 Å². The first kappa shape index (κ1) is 14.5. The Morgan fingerprint density at radius 2 is 2.32 bits per heavy atom. The third kappa shape index (κ3) is 3.80. The Labute approximate surface area is 123 Å². The number of hydrogen-bond acceptors (Lipinski definition) is 2. The first-order valence-corrected chi connectivity index (χ1v) is 7.65. The van der Waals surface area contributed by atoms with E-state index >= 15 is 0 Å². The van der Waals surface area contributed by atoms with E-state index < -0.39 is 0 Å². The molecule has 1 saturated heterocycles. The first-order chi connectivity index (χ1) is 9.10. The van der Waals surface area contributed by atoms with Crippen molar-refractivity contribution in [3.05, 3.63) is 33.8 Å². The van der Waals surface area contributed by atoms with Gasteiger partial charge in [0, 0.05) is 36.6 Å². The molecule has 1 amide bonds. The molecule has 1 unspecified atom stereocenters. The molecular formula is C15H21BrN2O. The lowest BCUT2D eigenvalue weighted by atomic mass is 10.1. The first-order valence-electron chi connectivity index (χ1n) is 6.86. The molecule has 0 saturated carbocycles. The third-order valence-corrected chi connectivity index (χ3v) is 4.37. The molecule has 1 atom stereocenters. The lowest BCUT2D eigenvalue weighted by molar-refractivity contribution is -0.129. The molecule has 1 aliphatic rings. The van der Waals surface area contributed by atoms with Crippen LogP contribution in [0.3, 0.4) is 0 Å². The van der Waals surface area contributed by atoms with E-state index in [9.17, 15) is 4.79 Å². The van der Waals surface area contributed by atoms with Crippen LogP contribution in [0.1, 0.15) is 30.9 Å². The summed E-state index contributed by atoms with van der Waals surface area (Å²) in [5.74, 6) is 0.265. The average molecular weight is 325 g/mol. The number of hydrogen-bond donors (Lipinski definition) is 1. The fourth-order valence-electron chi connectivity index (χ4n) is 2.43. The minimum absolute atomic E-state index is 0.265. The Balaban J connectivity index is 1.85. The van der Waals surface area contributed by atoms with E-state index in [-0.39, 0.29) is 5.91 Å². The Bertz CT molecular complexity index is 461. The number of rotatable bonds is 4. The fourth-order valence-corrected chi connectivity index (χ4v) is 3.06.